The van der Waals surface area contributed by atoms with Crippen LogP contribution in [0.1, 0.15) is 5.69 Å². The molecule has 0 bridgehead atoms. The number of amides is 1. The van der Waals surface area contributed by atoms with Gasteiger partial charge in [0, 0.05) is 0 Å². The molecule has 0 aliphatic heterocycles. The van der Waals surface area contributed by atoms with Gasteiger partial charge in [-0.25, -0.2) is 4.98 Å². The topological polar surface area (TPSA) is 64.0 Å². The second kappa shape index (κ2) is 6.36. The zero-order valence-corrected chi connectivity index (χ0v) is 13.5. The van der Waals surface area contributed by atoms with E-state index in [0.29, 0.717) is 20.0 Å². The fourth-order valence-electron chi connectivity index (χ4n) is 1.57. The molecule has 0 atom stereocenters. The first-order valence-electron chi connectivity index (χ1n) is 5.75. The summed E-state index contributed by atoms with van der Waals surface area (Å²) in [5, 5.41) is 3.11. The number of halogens is 2. The van der Waals surface area contributed by atoms with E-state index in [-0.39, 0.29) is 18.0 Å². The van der Waals surface area contributed by atoms with Crippen molar-refractivity contribution in [3.63, 3.8) is 0 Å². The maximum Gasteiger partial charge on any atom is 0.267 e. The van der Waals surface area contributed by atoms with Crippen LogP contribution in [0.4, 0.5) is 5.69 Å². The third-order valence-corrected chi connectivity index (χ3v) is 4.19. The van der Waals surface area contributed by atoms with Crippen LogP contribution in [0.5, 0.6) is 0 Å². The normalized spacial score (nSPS) is 10.3. The fraction of sp³-hybridized carbons (Fsp3) is 0.154. The lowest BCUT2D eigenvalue weighted by Gasteiger charge is -2.09. The molecule has 2 rings (SSSR count). The van der Waals surface area contributed by atoms with Gasteiger partial charge in [0.25, 0.3) is 5.56 Å². The van der Waals surface area contributed by atoms with Crippen LogP contribution in [0.15, 0.2) is 35.4 Å². The Morgan fingerprint density at radius 3 is 2.85 bits per heavy atom. The quantitative estimate of drug-likeness (QED) is 0.801. The number of benzene rings is 1. The van der Waals surface area contributed by atoms with Gasteiger partial charge >= 0.3 is 0 Å². The molecule has 1 N–H and O–H groups in total. The number of anilines is 1. The van der Waals surface area contributed by atoms with Crippen LogP contribution < -0.4 is 10.9 Å². The molecule has 20 heavy (non-hydrogen) atoms. The number of aryl methyl sites for hydroxylation is 1. The number of rotatable bonds is 3. The van der Waals surface area contributed by atoms with E-state index in [2.05, 4.69) is 10.3 Å². The highest BCUT2D eigenvalue weighted by Crippen LogP contribution is 2.20. The molecular formula is C13H11ClIN3O2. The molecular weight excluding hydrogens is 393 g/mol. The summed E-state index contributed by atoms with van der Waals surface area (Å²) >= 11 is 7.87. The minimum atomic E-state index is -0.332. The van der Waals surface area contributed by atoms with Gasteiger partial charge in [-0.3, -0.25) is 14.2 Å². The van der Waals surface area contributed by atoms with Crippen molar-refractivity contribution >= 4 is 45.8 Å². The second-order valence-electron chi connectivity index (χ2n) is 4.11. The molecule has 1 aromatic carbocycles. The summed E-state index contributed by atoms with van der Waals surface area (Å²) in [7, 11) is 0. The van der Waals surface area contributed by atoms with Gasteiger partial charge in [0.2, 0.25) is 5.91 Å². The van der Waals surface area contributed by atoms with Crippen molar-refractivity contribution in [2.24, 2.45) is 0 Å². The molecule has 1 heterocycles. The summed E-state index contributed by atoms with van der Waals surface area (Å²) in [6.07, 6.45) is 1.37. The van der Waals surface area contributed by atoms with Gasteiger partial charge in [-0.15, -0.1) is 0 Å². The number of para-hydroxylation sites is 1. The number of carbonyl (C=O) groups excluding carboxylic acids is 1. The van der Waals surface area contributed by atoms with Crippen LogP contribution in [-0.2, 0) is 11.3 Å². The van der Waals surface area contributed by atoms with E-state index in [0.717, 1.165) is 0 Å². The van der Waals surface area contributed by atoms with Crippen LogP contribution in [0, 0.1) is 10.5 Å². The summed E-state index contributed by atoms with van der Waals surface area (Å²) in [4.78, 5) is 27.9. The molecule has 2 aromatic rings. The lowest BCUT2D eigenvalue weighted by atomic mass is 10.3. The number of hydrogen-bond donors (Lipinski definition) is 1. The number of nitrogens with zero attached hydrogens (tertiary/aromatic N) is 2. The molecule has 0 aliphatic carbocycles. The summed E-state index contributed by atoms with van der Waals surface area (Å²) in [5.74, 6) is -0.332. The molecule has 0 saturated heterocycles. The molecule has 0 radical (unpaired) electrons. The number of nitrogens with one attached hydrogen (secondary N) is 1. The Balaban J connectivity index is 2.15. The third-order valence-electron chi connectivity index (χ3n) is 2.62. The number of hydrogen-bond acceptors (Lipinski definition) is 3. The van der Waals surface area contributed by atoms with E-state index < -0.39 is 0 Å². The molecule has 104 valence electrons. The van der Waals surface area contributed by atoms with Gasteiger partial charge in [0.15, 0.2) is 0 Å². The Labute approximate surface area is 134 Å². The van der Waals surface area contributed by atoms with Crippen molar-refractivity contribution in [2.75, 3.05) is 5.32 Å². The molecule has 5 nitrogen and oxygen atoms in total. The molecule has 0 saturated carbocycles. The molecule has 1 aromatic heterocycles. The van der Waals surface area contributed by atoms with Crippen LogP contribution in [0.3, 0.4) is 0 Å². The highest BCUT2D eigenvalue weighted by molar-refractivity contribution is 14.1. The Hall–Kier alpha value is -1.41. The summed E-state index contributed by atoms with van der Waals surface area (Å²) < 4.78 is 1.77. The number of aromatic nitrogens is 2. The lowest BCUT2D eigenvalue weighted by molar-refractivity contribution is -0.116. The van der Waals surface area contributed by atoms with E-state index >= 15 is 0 Å². The SMILES string of the molecule is Cc1ncn(CC(=O)Nc2ccccc2Cl)c(=O)c1I. The minimum absolute atomic E-state index is 0.104. The van der Waals surface area contributed by atoms with Gasteiger partial charge in [0.05, 0.1) is 26.3 Å². The predicted octanol–water partition coefficient (Wildman–Crippen LogP) is 2.45. The van der Waals surface area contributed by atoms with Crippen molar-refractivity contribution in [1.82, 2.24) is 9.55 Å². The lowest BCUT2D eigenvalue weighted by Crippen LogP contribution is -2.30. The first-order valence-corrected chi connectivity index (χ1v) is 7.20. The predicted molar refractivity (Wildman–Crippen MR) is 86.0 cm³/mol. The smallest absolute Gasteiger partial charge is 0.267 e. The van der Waals surface area contributed by atoms with Gasteiger partial charge in [0.1, 0.15) is 6.54 Å². The van der Waals surface area contributed by atoms with Crippen LogP contribution in [-0.4, -0.2) is 15.5 Å². The summed E-state index contributed by atoms with van der Waals surface area (Å²) in [5.41, 5.74) is 0.938. The Morgan fingerprint density at radius 1 is 1.45 bits per heavy atom. The maximum atomic E-state index is 12.0. The van der Waals surface area contributed by atoms with Crippen LogP contribution in [0.2, 0.25) is 5.02 Å². The van der Waals surface area contributed by atoms with Gasteiger partial charge in [-0.05, 0) is 41.6 Å². The Kier molecular flexibility index (Phi) is 4.77. The first kappa shape index (κ1) is 15.0. The number of carbonyl (C=O) groups is 1. The largest absolute Gasteiger partial charge is 0.323 e. The maximum absolute atomic E-state index is 12.0. The first-order chi connectivity index (χ1) is 9.49. The highest BCUT2D eigenvalue weighted by Gasteiger charge is 2.10. The monoisotopic (exact) mass is 403 g/mol. The Morgan fingerprint density at radius 2 is 2.15 bits per heavy atom. The van der Waals surface area contributed by atoms with Crippen molar-refractivity contribution in [3.8, 4) is 0 Å². The third kappa shape index (κ3) is 3.37. The fourth-order valence-corrected chi connectivity index (χ4v) is 2.20. The Bertz CT molecular complexity index is 715. The molecule has 0 spiro atoms. The summed E-state index contributed by atoms with van der Waals surface area (Å²) in [6.45, 7) is 1.64. The van der Waals surface area contributed by atoms with Crippen LogP contribution in [0.25, 0.3) is 0 Å². The average Bonchev–Trinajstić information content (AvgIpc) is 2.42. The van der Waals surface area contributed by atoms with E-state index in [4.69, 9.17) is 11.6 Å². The molecule has 0 unspecified atom stereocenters. The van der Waals surface area contributed by atoms with Crippen molar-refractivity contribution in [3.05, 3.63) is 55.2 Å². The zero-order chi connectivity index (χ0) is 14.7. The van der Waals surface area contributed by atoms with Gasteiger partial charge in [-0.2, -0.15) is 0 Å². The molecule has 0 fully saturated rings. The van der Waals surface area contributed by atoms with E-state index in [1.807, 2.05) is 22.6 Å². The van der Waals surface area contributed by atoms with Gasteiger partial charge < -0.3 is 5.32 Å². The highest BCUT2D eigenvalue weighted by atomic mass is 127. The van der Waals surface area contributed by atoms with Crippen molar-refractivity contribution < 1.29 is 4.79 Å². The van der Waals surface area contributed by atoms with E-state index in [9.17, 15) is 9.59 Å². The van der Waals surface area contributed by atoms with Crippen molar-refractivity contribution in [1.29, 1.82) is 0 Å². The second-order valence-corrected chi connectivity index (χ2v) is 5.59. The molecule has 0 aliphatic rings. The minimum Gasteiger partial charge on any atom is -0.323 e. The van der Waals surface area contributed by atoms with Gasteiger partial charge in [-0.1, -0.05) is 23.7 Å². The standard InChI is InChI=1S/C13H11ClIN3O2/c1-8-12(15)13(20)18(7-16-8)6-11(19)17-10-5-3-2-4-9(10)14/h2-5,7H,6H2,1H3,(H,17,19). The van der Waals surface area contributed by atoms with E-state index in [1.54, 1.807) is 31.2 Å². The average molecular weight is 404 g/mol. The molecule has 1 amide bonds. The van der Waals surface area contributed by atoms with E-state index in [1.165, 1.54) is 10.9 Å². The molecule has 7 heteroatoms. The summed E-state index contributed by atoms with van der Waals surface area (Å²) in [6, 6.07) is 6.92. The van der Waals surface area contributed by atoms with Crippen LogP contribution >= 0.6 is 34.2 Å². The van der Waals surface area contributed by atoms with Crippen molar-refractivity contribution in [2.45, 2.75) is 13.5 Å². The zero-order valence-electron chi connectivity index (χ0n) is 10.6.